The number of oxime groups is 1. The number of hydrogen-bond donors (Lipinski definition) is 2. The molecule has 4 heteroatoms. The largest absolute Gasteiger partial charge is 0.409 e. The van der Waals surface area contributed by atoms with Crippen LogP contribution in [-0.2, 0) is 0 Å². The van der Waals surface area contributed by atoms with Crippen LogP contribution < -0.4 is 5.73 Å². The standard InChI is InChI=1S/C13H13FN2O/c14-11-4-2-1-3-8(11)7-5-9-10(6-7)12(9)13(15)16-17/h1-5,9-10,12,17H,6H2,(H2,15,16)/t9-,10+,12+/m0/s1. The number of nitrogens with two attached hydrogens (primary N) is 1. The molecule has 3 rings (SSSR count). The summed E-state index contributed by atoms with van der Waals surface area (Å²) in [6, 6.07) is 6.80. The number of nitrogens with zero attached hydrogens (tertiary/aromatic N) is 1. The van der Waals surface area contributed by atoms with Crippen LogP contribution in [0.15, 0.2) is 35.5 Å². The van der Waals surface area contributed by atoms with Gasteiger partial charge in [0, 0.05) is 11.5 Å². The fraction of sp³-hybridized carbons (Fsp3) is 0.308. The lowest BCUT2D eigenvalue weighted by molar-refractivity contribution is 0.316. The highest BCUT2D eigenvalue weighted by atomic mass is 19.1. The van der Waals surface area contributed by atoms with Crippen LogP contribution in [0.2, 0.25) is 0 Å². The molecule has 0 radical (unpaired) electrons. The van der Waals surface area contributed by atoms with Gasteiger partial charge >= 0.3 is 0 Å². The Bertz CT molecular complexity index is 524. The zero-order valence-corrected chi connectivity index (χ0v) is 9.18. The summed E-state index contributed by atoms with van der Waals surface area (Å²) < 4.78 is 13.6. The summed E-state index contributed by atoms with van der Waals surface area (Å²) in [5.41, 5.74) is 7.30. The molecule has 0 amide bonds. The van der Waals surface area contributed by atoms with Gasteiger partial charge in [-0.15, -0.1) is 0 Å². The molecule has 0 unspecified atom stereocenters. The van der Waals surface area contributed by atoms with Crippen LogP contribution in [-0.4, -0.2) is 11.0 Å². The predicted octanol–water partition coefficient (Wildman–Crippen LogP) is 2.22. The van der Waals surface area contributed by atoms with Crippen molar-refractivity contribution >= 4 is 11.4 Å². The molecule has 3 nitrogen and oxygen atoms in total. The van der Waals surface area contributed by atoms with Crippen molar-refractivity contribution in [3.8, 4) is 0 Å². The van der Waals surface area contributed by atoms with E-state index in [1.807, 2.05) is 6.07 Å². The fourth-order valence-electron chi connectivity index (χ4n) is 2.85. The molecule has 1 fully saturated rings. The molecule has 2 aliphatic carbocycles. The van der Waals surface area contributed by atoms with E-state index in [9.17, 15) is 4.39 Å². The van der Waals surface area contributed by atoms with Crippen LogP contribution in [0.4, 0.5) is 4.39 Å². The molecule has 3 atom stereocenters. The molecule has 0 saturated heterocycles. The minimum atomic E-state index is -0.180. The predicted molar refractivity (Wildman–Crippen MR) is 62.9 cm³/mol. The summed E-state index contributed by atoms with van der Waals surface area (Å²) >= 11 is 0. The first-order valence-electron chi connectivity index (χ1n) is 5.65. The Kier molecular flexibility index (Phi) is 2.18. The second-order valence-corrected chi connectivity index (χ2v) is 4.67. The Morgan fingerprint density at radius 3 is 2.76 bits per heavy atom. The molecule has 1 aromatic rings. The zero-order chi connectivity index (χ0) is 12.0. The summed E-state index contributed by atoms with van der Waals surface area (Å²) in [6.45, 7) is 0. The Morgan fingerprint density at radius 2 is 2.18 bits per heavy atom. The lowest BCUT2D eigenvalue weighted by Crippen LogP contribution is -2.16. The smallest absolute Gasteiger partial charge is 0.143 e. The third-order valence-electron chi connectivity index (χ3n) is 3.76. The summed E-state index contributed by atoms with van der Waals surface area (Å²) in [7, 11) is 0. The maximum Gasteiger partial charge on any atom is 0.143 e. The van der Waals surface area contributed by atoms with E-state index < -0.39 is 0 Å². The molecular weight excluding hydrogens is 219 g/mol. The third-order valence-corrected chi connectivity index (χ3v) is 3.76. The average Bonchev–Trinajstić information content (AvgIpc) is 2.84. The van der Waals surface area contributed by atoms with Crippen LogP contribution in [0.5, 0.6) is 0 Å². The number of benzene rings is 1. The van der Waals surface area contributed by atoms with Crippen molar-refractivity contribution in [1.29, 1.82) is 0 Å². The fourth-order valence-corrected chi connectivity index (χ4v) is 2.85. The van der Waals surface area contributed by atoms with Crippen LogP contribution in [0.25, 0.3) is 5.57 Å². The lowest BCUT2D eigenvalue weighted by Gasteiger charge is -2.07. The van der Waals surface area contributed by atoms with E-state index in [4.69, 9.17) is 10.9 Å². The van der Waals surface area contributed by atoms with Crippen molar-refractivity contribution in [1.82, 2.24) is 0 Å². The van der Waals surface area contributed by atoms with Crippen LogP contribution >= 0.6 is 0 Å². The van der Waals surface area contributed by atoms with Gasteiger partial charge < -0.3 is 10.9 Å². The Balaban J connectivity index is 1.83. The minimum absolute atomic E-state index is 0.149. The van der Waals surface area contributed by atoms with Gasteiger partial charge in [-0.25, -0.2) is 4.39 Å². The second-order valence-electron chi connectivity index (χ2n) is 4.67. The van der Waals surface area contributed by atoms with Gasteiger partial charge in [0.05, 0.1) is 0 Å². The van der Waals surface area contributed by atoms with E-state index >= 15 is 0 Å². The van der Waals surface area contributed by atoms with E-state index in [0.717, 1.165) is 12.0 Å². The second kappa shape index (κ2) is 3.58. The van der Waals surface area contributed by atoms with Gasteiger partial charge in [0.1, 0.15) is 11.7 Å². The SMILES string of the molecule is N/C(=N\O)[C@@H]1[C@H]2C=C(c3ccccc3F)C[C@H]21. The monoisotopic (exact) mass is 232 g/mol. The van der Waals surface area contributed by atoms with E-state index in [-0.39, 0.29) is 11.7 Å². The number of rotatable bonds is 2. The molecular formula is C13H13FN2O. The van der Waals surface area contributed by atoms with Gasteiger partial charge in [-0.1, -0.05) is 29.4 Å². The number of amidine groups is 1. The van der Waals surface area contributed by atoms with Crippen LogP contribution in [0.3, 0.4) is 0 Å². The highest BCUT2D eigenvalue weighted by Gasteiger charge is 2.54. The van der Waals surface area contributed by atoms with Crippen molar-refractivity contribution < 1.29 is 9.60 Å². The Labute approximate surface area is 98.4 Å². The van der Waals surface area contributed by atoms with Crippen molar-refractivity contribution in [2.24, 2.45) is 28.6 Å². The van der Waals surface area contributed by atoms with Gasteiger partial charge in [-0.05, 0) is 29.9 Å². The Hall–Kier alpha value is -1.84. The maximum atomic E-state index is 13.6. The summed E-state index contributed by atoms with van der Waals surface area (Å²) in [4.78, 5) is 0. The zero-order valence-electron chi connectivity index (χ0n) is 9.18. The molecule has 0 aromatic heterocycles. The summed E-state index contributed by atoms with van der Waals surface area (Å²) in [5.74, 6) is 0.973. The van der Waals surface area contributed by atoms with E-state index in [1.165, 1.54) is 6.07 Å². The van der Waals surface area contributed by atoms with E-state index in [0.29, 0.717) is 23.2 Å². The quantitative estimate of drug-likeness (QED) is 0.355. The first-order chi connectivity index (χ1) is 8.22. The van der Waals surface area contributed by atoms with Gasteiger partial charge in [0.2, 0.25) is 0 Å². The van der Waals surface area contributed by atoms with Gasteiger partial charge in [-0.2, -0.15) is 0 Å². The van der Waals surface area contributed by atoms with Crippen molar-refractivity contribution in [3.05, 3.63) is 41.7 Å². The molecule has 17 heavy (non-hydrogen) atoms. The summed E-state index contributed by atoms with van der Waals surface area (Å²) in [5, 5.41) is 11.6. The number of fused-ring (bicyclic) bond motifs is 1. The van der Waals surface area contributed by atoms with Gasteiger partial charge in [0.15, 0.2) is 0 Å². The summed E-state index contributed by atoms with van der Waals surface area (Å²) in [6.07, 6.45) is 2.87. The molecule has 1 aromatic carbocycles. The highest BCUT2D eigenvalue weighted by Crippen LogP contribution is 2.58. The molecule has 88 valence electrons. The molecule has 0 bridgehead atoms. The first kappa shape index (κ1) is 10.3. The first-order valence-corrected chi connectivity index (χ1v) is 5.65. The molecule has 0 aliphatic heterocycles. The van der Waals surface area contributed by atoms with Crippen LogP contribution in [0.1, 0.15) is 12.0 Å². The lowest BCUT2D eigenvalue weighted by atomic mass is 10.0. The van der Waals surface area contributed by atoms with E-state index in [1.54, 1.807) is 12.1 Å². The van der Waals surface area contributed by atoms with Crippen molar-refractivity contribution in [2.75, 3.05) is 0 Å². The highest BCUT2D eigenvalue weighted by molar-refractivity contribution is 5.88. The van der Waals surface area contributed by atoms with Crippen LogP contribution in [0, 0.1) is 23.6 Å². The number of allylic oxidation sites excluding steroid dienone is 2. The normalized spacial score (nSPS) is 31.0. The Morgan fingerprint density at radius 1 is 1.41 bits per heavy atom. The molecule has 0 heterocycles. The topological polar surface area (TPSA) is 58.6 Å². The van der Waals surface area contributed by atoms with Gasteiger partial charge in [0.25, 0.3) is 0 Å². The van der Waals surface area contributed by atoms with E-state index in [2.05, 4.69) is 11.2 Å². The van der Waals surface area contributed by atoms with Gasteiger partial charge in [-0.3, -0.25) is 0 Å². The molecule has 2 aliphatic rings. The number of halogens is 1. The van der Waals surface area contributed by atoms with Crippen molar-refractivity contribution in [2.45, 2.75) is 6.42 Å². The third kappa shape index (κ3) is 1.52. The molecule has 3 N–H and O–H groups in total. The van der Waals surface area contributed by atoms with Crippen molar-refractivity contribution in [3.63, 3.8) is 0 Å². The molecule has 0 spiro atoms. The maximum absolute atomic E-state index is 13.6. The average molecular weight is 232 g/mol. The minimum Gasteiger partial charge on any atom is -0.409 e. The molecule has 1 saturated carbocycles. The number of hydrogen-bond acceptors (Lipinski definition) is 2.